The summed E-state index contributed by atoms with van der Waals surface area (Å²) in [5.41, 5.74) is 5.46. The van der Waals surface area contributed by atoms with Gasteiger partial charge in [-0.1, -0.05) is 12.2 Å². The first-order chi connectivity index (χ1) is 8.45. The minimum absolute atomic E-state index is 0.284. The summed E-state index contributed by atoms with van der Waals surface area (Å²) in [6.07, 6.45) is 0. The largest absolute Gasteiger partial charge is 0.392 e. The minimum atomic E-state index is -3.39. The second kappa shape index (κ2) is 7.31. The zero-order chi connectivity index (χ0) is 13.6. The van der Waals surface area contributed by atoms with Crippen molar-refractivity contribution in [3.63, 3.8) is 0 Å². The van der Waals surface area contributed by atoms with Crippen molar-refractivity contribution < 1.29 is 13.2 Å². The monoisotopic (exact) mass is 296 g/mol. The Hall–Kier alpha value is -0.320. The van der Waals surface area contributed by atoms with Crippen LogP contribution in [-0.2, 0) is 14.9 Å². The summed E-state index contributed by atoms with van der Waals surface area (Å²) in [7, 11) is -1.86. The molecule has 0 spiro atoms. The molecule has 9 heteroatoms. The van der Waals surface area contributed by atoms with Crippen molar-refractivity contribution in [3.8, 4) is 0 Å². The van der Waals surface area contributed by atoms with Crippen molar-refractivity contribution in [1.82, 2.24) is 13.9 Å². The molecule has 0 aliphatic carbocycles. The lowest BCUT2D eigenvalue weighted by atomic mass is 10.3. The smallest absolute Gasteiger partial charge is 0.279 e. The van der Waals surface area contributed by atoms with Crippen LogP contribution in [0.3, 0.4) is 0 Å². The molecule has 0 aromatic carbocycles. The third-order valence-electron chi connectivity index (χ3n) is 2.64. The molecule has 0 aromatic rings. The van der Waals surface area contributed by atoms with Gasteiger partial charge in [0.2, 0.25) is 0 Å². The maximum Gasteiger partial charge on any atom is 0.279 e. The van der Waals surface area contributed by atoms with Gasteiger partial charge >= 0.3 is 0 Å². The highest BCUT2D eigenvalue weighted by atomic mass is 32.2. The van der Waals surface area contributed by atoms with Gasteiger partial charge in [0.15, 0.2) is 0 Å². The molecule has 18 heavy (non-hydrogen) atoms. The molecule has 1 heterocycles. The van der Waals surface area contributed by atoms with Crippen LogP contribution in [0.1, 0.15) is 0 Å². The first-order valence-corrected chi connectivity index (χ1v) is 7.55. The van der Waals surface area contributed by atoms with E-state index in [1.54, 1.807) is 0 Å². The van der Waals surface area contributed by atoms with Crippen LogP contribution in [0.5, 0.6) is 0 Å². The van der Waals surface area contributed by atoms with Crippen LogP contribution in [0.25, 0.3) is 0 Å². The molecule has 0 saturated carbocycles. The molecule has 1 saturated heterocycles. The molecule has 1 rings (SSSR count). The molecule has 0 amide bonds. The average molecular weight is 296 g/mol. The second-order valence-corrected chi connectivity index (χ2v) is 6.31. The third-order valence-corrected chi connectivity index (χ3v) is 4.38. The van der Waals surface area contributed by atoms with Crippen molar-refractivity contribution in [2.45, 2.75) is 0 Å². The summed E-state index contributed by atoms with van der Waals surface area (Å²) in [6.45, 7) is 3.37. The topological polar surface area (TPSA) is 87.9 Å². The second-order valence-electron chi connectivity index (χ2n) is 4.03. The molecular formula is C9H20N4O3S2. The van der Waals surface area contributed by atoms with Crippen LogP contribution >= 0.6 is 12.2 Å². The number of nitrogens with zero attached hydrogens (tertiary/aromatic N) is 2. The summed E-state index contributed by atoms with van der Waals surface area (Å²) in [6, 6.07) is 0. The van der Waals surface area contributed by atoms with Gasteiger partial charge in [-0.2, -0.15) is 17.4 Å². The predicted octanol–water partition coefficient (Wildman–Crippen LogP) is -1.63. The predicted molar refractivity (Wildman–Crippen MR) is 73.6 cm³/mol. The van der Waals surface area contributed by atoms with E-state index in [1.165, 1.54) is 11.4 Å². The Balaban J connectivity index is 2.39. The molecule has 3 N–H and O–H groups in total. The molecule has 1 aliphatic rings. The number of hydrogen-bond donors (Lipinski definition) is 2. The van der Waals surface area contributed by atoms with E-state index in [0.29, 0.717) is 44.3 Å². The third kappa shape index (κ3) is 5.12. The summed E-state index contributed by atoms with van der Waals surface area (Å²) in [5.74, 6) is 0. The van der Waals surface area contributed by atoms with Crippen molar-refractivity contribution >= 4 is 27.4 Å². The Kier molecular flexibility index (Phi) is 6.39. The zero-order valence-electron chi connectivity index (χ0n) is 10.5. The van der Waals surface area contributed by atoms with Gasteiger partial charge in [-0.05, 0) is 0 Å². The van der Waals surface area contributed by atoms with E-state index in [4.69, 9.17) is 22.7 Å². The highest BCUT2D eigenvalue weighted by molar-refractivity contribution is 7.87. The molecular weight excluding hydrogens is 276 g/mol. The Morgan fingerprint density at radius 1 is 1.39 bits per heavy atom. The molecule has 0 unspecified atom stereocenters. The summed E-state index contributed by atoms with van der Waals surface area (Å²) >= 11 is 4.83. The highest BCUT2D eigenvalue weighted by Gasteiger charge is 2.26. The Bertz CT molecular complexity index is 366. The van der Waals surface area contributed by atoms with Crippen molar-refractivity contribution in [2.24, 2.45) is 5.73 Å². The van der Waals surface area contributed by atoms with E-state index in [1.807, 2.05) is 4.90 Å². The van der Waals surface area contributed by atoms with Crippen LogP contribution < -0.4 is 10.5 Å². The number of rotatable bonds is 7. The lowest BCUT2D eigenvalue weighted by molar-refractivity contribution is 0.197. The number of nitrogens with one attached hydrogen (secondary N) is 1. The fourth-order valence-electron chi connectivity index (χ4n) is 1.71. The van der Waals surface area contributed by atoms with Crippen molar-refractivity contribution in [2.75, 3.05) is 53.0 Å². The van der Waals surface area contributed by atoms with E-state index >= 15 is 0 Å². The van der Waals surface area contributed by atoms with E-state index in [9.17, 15) is 8.42 Å². The van der Waals surface area contributed by atoms with Gasteiger partial charge < -0.3 is 10.5 Å². The molecule has 0 bridgehead atoms. The Morgan fingerprint density at radius 3 is 2.50 bits per heavy atom. The van der Waals surface area contributed by atoms with E-state index in [0.717, 1.165) is 0 Å². The molecule has 0 atom stereocenters. The molecule has 1 aliphatic heterocycles. The van der Waals surface area contributed by atoms with Gasteiger partial charge in [0.1, 0.15) is 0 Å². The minimum Gasteiger partial charge on any atom is -0.392 e. The number of piperazine rings is 1. The van der Waals surface area contributed by atoms with E-state index < -0.39 is 10.2 Å². The Morgan fingerprint density at radius 2 is 2.00 bits per heavy atom. The SMILES string of the molecule is COCCNS(=O)(=O)N1CCN(CC(N)=S)CC1. The average Bonchev–Trinajstić information content (AvgIpc) is 2.29. The maximum absolute atomic E-state index is 11.9. The molecule has 1 fully saturated rings. The normalized spacial score (nSPS) is 18.9. The van der Waals surface area contributed by atoms with Crippen LogP contribution in [0.4, 0.5) is 0 Å². The summed E-state index contributed by atoms with van der Waals surface area (Å²) < 4.78 is 32.5. The van der Waals surface area contributed by atoms with Crippen LogP contribution in [0, 0.1) is 0 Å². The molecule has 106 valence electrons. The summed E-state index contributed by atoms with van der Waals surface area (Å²) in [4.78, 5) is 2.48. The standard InChI is InChI=1S/C9H20N4O3S2/c1-16-7-2-11-18(14,15)13-5-3-12(4-6-13)8-9(10)17/h11H,2-8H2,1H3,(H2,10,17). The number of methoxy groups -OCH3 is 1. The van der Waals surface area contributed by atoms with E-state index in [2.05, 4.69) is 4.72 Å². The van der Waals surface area contributed by atoms with Crippen LogP contribution in [0.2, 0.25) is 0 Å². The van der Waals surface area contributed by atoms with Crippen molar-refractivity contribution in [3.05, 3.63) is 0 Å². The number of nitrogens with two attached hydrogens (primary N) is 1. The quantitative estimate of drug-likeness (QED) is 0.433. The fraction of sp³-hybridized carbons (Fsp3) is 0.889. The fourth-order valence-corrected chi connectivity index (χ4v) is 3.06. The highest BCUT2D eigenvalue weighted by Crippen LogP contribution is 2.05. The van der Waals surface area contributed by atoms with Gasteiger partial charge in [-0.15, -0.1) is 0 Å². The van der Waals surface area contributed by atoms with Gasteiger partial charge in [-0.25, -0.2) is 0 Å². The van der Waals surface area contributed by atoms with Gasteiger partial charge in [-0.3, -0.25) is 4.90 Å². The van der Waals surface area contributed by atoms with E-state index in [-0.39, 0.29) is 6.54 Å². The zero-order valence-corrected chi connectivity index (χ0v) is 12.1. The maximum atomic E-state index is 11.9. The lowest BCUT2D eigenvalue weighted by Gasteiger charge is -2.33. The number of hydrogen-bond acceptors (Lipinski definition) is 5. The van der Waals surface area contributed by atoms with Crippen LogP contribution in [-0.4, -0.2) is 75.6 Å². The van der Waals surface area contributed by atoms with Gasteiger partial charge in [0.25, 0.3) is 10.2 Å². The first kappa shape index (κ1) is 15.7. The number of ether oxygens (including phenoxy) is 1. The molecule has 0 aromatic heterocycles. The van der Waals surface area contributed by atoms with Crippen LogP contribution in [0.15, 0.2) is 0 Å². The number of thiocarbonyl (C=S) groups is 1. The molecule has 7 nitrogen and oxygen atoms in total. The Labute approximate surface area is 113 Å². The van der Waals surface area contributed by atoms with Gasteiger partial charge in [0, 0.05) is 46.4 Å². The van der Waals surface area contributed by atoms with Gasteiger partial charge in [0.05, 0.1) is 11.6 Å². The molecule has 0 radical (unpaired) electrons. The lowest BCUT2D eigenvalue weighted by Crippen LogP contribution is -2.53. The van der Waals surface area contributed by atoms with Crippen molar-refractivity contribution in [1.29, 1.82) is 0 Å². The summed E-state index contributed by atoms with van der Waals surface area (Å²) in [5, 5.41) is 0. The first-order valence-electron chi connectivity index (χ1n) is 5.70.